The molecule has 4 heteroatoms. The maximum absolute atomic E-state index is 12.1. The Hall–Kier alpha value is -2.33. The van der Waals surface area contributed by atoms with Crippen LogP contribution >= 0.6 is 0 Å². The van der Waals surface area contributed by atoms with Gasteiger partial charge in [0.25, 0.3) is 0 Å². The molecule has 2 aromatic rings. The van der Waals surface area contributed by atoms with E-state index in [-0.39, 0.29) is 12.1 Å². The molecule has 2 aromatic carbocycles. The molecule has 4 nitrogen and oxygen atoms in total. The minimum atomic E-state index is -0.150. The first kappa shape index (κ1) is 18.0. The molecule has 0 heterocycles. The lowest BCUT2D eigenvalue weighted by Gasteiger charge is -2.17. The summed E-state index contributed by atoms with van der Waals surface area (Å²) in [5.41, 5.74) is 4.68. The van der Waals surface area contributed by atoms with Gasteiger partial charge in [-0.15, -0.1) is 0 Å². The monoisotopic (exact) mass is 325 g/mol. The highest BCUT2D eigenvalue weighted by molar-refractivity contribution is 5.74. The molecule has 2 rings (SSSR count). The maximum Gasteiger partial charge on any atom is 0.315 e. The number of benzene rings is 2. The van der Waals surface area contributed by atoms with E-state index in [0.717, 1.165) is 17.7 Å². The van der Waals surface area contributed by atoms with E-state index >= 15 is 0 Å². The van der Waals surface area contributed by atoms with Gasteiger partial charge in [-0.3, -0.25) is 0 Å². The van der Waals surface area contributed by atoms with Crippen molar-refractivity contribution < 1.29 is 4.79 Å². The summed E-state index contributed by atoms with van der Waals surface area (Å²) in [5, 5.41) is 5.91. The van der Waals surface area contributed by atoms with Gasteiger partial charge in [-0.2, -0.15) is 0 Å². The lowest BCUT2D eigenvalue weighted by molar-refractivity contribution is 0.237. The van der Waals surface area contributed by atoms with Crippen molar-refractivity contribution in [1.29, 1.82) is 0 Å². The third kappa shape index (κ3) is 5.39. The predicted octanol–water partition coefficient (Wildman–Crippen LogP) is 3.62. The fourth-order valence-corrected chi connectivity index (χ4v) is 2.71. The van der Waals surface area contributed by atoms with Crippen molar-refractivity contribution in [1.82, 2.24) is 15.5 Å². The van der Waals surface area contributed by atoms with Crippen LogP contribution in [0.2, 0.25) is 0 Å². The van der Waals surface area contributed by atoms with Crippen molar-refractivity contribution in [3.8, 4) is 0 Å². The summed E-state index contributed by atoms with van der Waals surface area (Å²) in [6.07, 6.45) is 0. The molecule has 1 atom stereocenters. The Morgan fingerprint density at radius 1 is 1.04 bits per heavy atom. The number of carbonyl (C=O) groups is 1. The van der Waals surface area contributed by atoms with Gasteiger partial charge in [-0.25, -0.2) is 4.79 Å². The van der Waals surface area contributed by atoms with E-state index in [1.807, 2.05) is 25.1 Å². The quantitative estimate of drug-likeness (QED) is 0.852. The first-order valence-electron chi connectivity index (χ1n) is 8.28. The molecule has 0 bridgehead atoms. The van der Waals surface area contributed by atoms with Crippen molar-refractivity contribution in [2.45, 2.75) is 33.0 Å². The van der Waals surface area contributed by atoms with Crippen LogP contribution in [-0.2, 0) is 13.1 Å². The van der Waals surface area contributed by atoms with E-state index in [9.17, 15) is 4.79 Å². The van der Waals surface area contributed by atoms with Gasteiger partial charge in [0, 0.05) is 13.1 Å². The zero-order chi connectivity index (χ0) is 17.5. The fourth-order valence-electron chi connectivity index (χ4n) is 2.71. The highest BCUT2D eigenvalue weighted by atomic mass is 16.2. The second-order valence-electron chi connectivity index (χ2n) is 6.46. The standard InChI is InChI=1S/C20H27N3O/c1-15-7-5-6-8-19(15)16(2)22-20(24)21-13-17-9-11-18(12-10-17)14-23(3)4/h5-12,16H,13-14H2,1-4H3,(H2,21,22,24). The van der Waals surface area contributed by atoms with Crippen molar-refractivity contribution in [3.63, 3.8) is 0 Å². The molecular formula is C20H27N3O. The minimum Gasteiger partial charge on any atom is -0.334 e. The molecule has 0 fully saturated rings. The topological polar surface area (TPSA) is 44.4 Å². The summed E-state index contributed by atoms with van der Waals surface area (Å²) in [6, 6.07) is 16.3. The number of amides is 2. The third-order valence-electron chi connectivity index (χ3n) is 3.98. The summed E-state index contributed by atoms with van der Waals surface area (Å²) in [5.74, 6) is 0. The first-order chi connectivity index (χ1) is 11.5. The van der Waals surface area contributed by atoms with Crippen LogP contribution in [0, 0.1) is 6.92 Å². The van der Waals surface area contributed by atoms with Crippen molar-refractivity contribution in [2.24, 2.45) is 0 Å². The molecule has 2 amide bonds. The molecule has 1 unspecified atom stereocenters. The smallest absolute Gasteiger partial charge is 0.315 e. The number of carbonyl (C=O) groups excluding carboxylic acids is 1. The predicted molar refractivity (Wildman–Crippen MR) is 98.8 cm³/mol. The largest absolute Gasteiger partial charge is 0.334 e. The first-order valence-corrected chi connectivity index (χ1v) is 8.28. The van der Waals surface area contributed by atoms with E-state index in [1.165, 1.54) is 11.1 Å². The number of rotatable bonds is 6. The molecule has 0 aliphatic rings. The zero-order valence-corrected chi connectivity index (χ0v) is 15.0. The lowest BCUT2D eigenvalue weighted by atomic mass is 10.0. The van der Waals surface area contributed by atoms with Gasteiger partial charge in [-0.05, 0) is 50.2 Å². The third-order valence-corrected chi connectivity index (χ3v) is 3.98. The maximum atomic E-state index is 12.1. The second kappa shape index (κ2) is 8.50. The normalized spacial score (nSPS) is 12.0. The van der Waals surface area contributed by atoms with Crippen LogP contribution in [0.3, 0.4) is 0 Å². The summed E-state index contributed by atoms with van der Waals surface area (Å²) in [4.78, 5) is 14.2. The van der Waals surface area contributed by atoms with Crippen molar-refractivity contribution >= 4 is 6.03 Å². The summed E-state index contributed by atoms with van der Waals surface area (Å²) >= 11 is 0. The Morgan fingerprint density at radius 3 is 2.29 bits per heavy atom. The van der Waals surface area contributed by atoms with Crippen molar-refractivity contribution in [2.75, 3.05) is 14.1 Å². The molecule has 0 spiro atoms. The van der Waals surface area contributed by atoms with E-state index in [1.54, 1.807) is 0 Å². The van der Waals surface area contributed by atoms with Crippen molar-refractivity contribution in [3.05, 3.63) is 70.8 Å². The van der Waals surface area contributed by atoms with Gasteiger partial charge in [-0.1, -0.05) is 48.5 Å². The molecule has 0 saturated heterocycles. The second-order valence-corrected chi connectivity index (χ2v) is 6.46. The van der Waals surface area contributed by atoms with Gasteiger partial charge < -0.3 is 15.5 Å². The number of nitrogens with one attached hydrogen (secondary N) is 2. The SMILES string of the molecule is Cc1ccccc1C(C)NC(=O)NCc1ccc(CN(C)C)cc1. The number of urea groups is 1. The average Bonchev–Trinajstić information content (AvgIpc) is 2.54. The molecule has 24 heavy (non-hydrogen) atoms. The van der Waals surface area contributed by atoms with Crippen LogP contribution in [-0.4, -0.2) is 25.0 Å². The number of hydrogen-bond donors (Lipinski definition) is 2. The molecule has 0 saturated carbocycles. The molecule has 128 valence electrons. The number of nitrogens with zero attached hydrogens (tertiary/aromatic N) is 1. The highest BCUT2D eigenvalue weighted by Gasteiger charge is 2.10. The molecule has 0 aromatic heterocycles. The van der Waals surface area contributed by atoms with Gasteiger partial charge in [0.05, 0.1) is 6.04 Å². The van der Waals surface area contributed by atoms with Crippen LogP contribution in [0.1, 0.15) is 35.2 Å². The van der Waals surface area contributed by atoms with E-state index in [4.69, 9.17) is 0 Å². The van der Waals surface area contributed by atoms with Crippen LogP contribution in [0.25, 0.3) is 0 Å². The van der Waals surface area contributed by atoms with E-state index in [2.05, 4.69) is 66.9 Å². The number of hydrogen-bond acceptors (Lipinski definition) is 2. The number of aryl methyl sites for hydroxylation is 1. The summed E-state index contributed by atoms with van der Waals surface area (Å²) < 4.78 is 0. The molecule has 0 radical (unpaired) electrons. The lowest BCUT2D eigenvalue weighted by Crippen LogP contribution is -2.36. The van der Waals surface area contributed by atoms with E-state index < -0.39 is 0 Å². The average molecular weight is 325 g/mol. The van der Waals surface area contributed by atoms with Gasteiger partial charge in [0.15, 0.2) is 0 Å². The molecule has 0 aliphatic heterocycles. The fraction of sp³-hybridized carbons (Fsp3) is 0.350. The van der Waals surface area contributed by atoms with Crippen LogP contribution in [0.4, 0.5) is 4.79 Å². The van der Waals surface area contributed by atoms with Crippen LogP contribution < -0.4 is 10.6 Å². The Labute approximate surface area is 144 Å². The Bertz CT molecular complexity index is 665. The van der Waals surface area contributed by atoms with Gasteiger partial charge >= 0.3 is 6.03 Å². The van der Waals surface area contributed by atoms with E-state index in [0.29, 0.717) is 6.54 Å². The molecule has 0 aliphatic carbocycles. The summed E-state index contributed by atoms with van der Waals surface area (Å²) in [7, 11) is 4.10. The zero-order valence-electron chi connectivity index (χ0n) is 15.0. The minimum absolute atomic E-state index is 0.0198. The Morgan fingerprint density at radius 2 is 1.67 bits per heavy atom. The Balaban J connectivity index is 1.83. The molecule has 2 N–H and O–H groups in total. The van der Waals surface area contributed by atoms with Crippen LogP contribution in [0.5, 0.6) is 0 Å². The Kier molecular flexibility index (Phi) is 6.38. The van der Waals surface area contributed by atoms with Gasteiger partial charge in [0.2, 0.25) is 0 Å². The highest BCUT2D eigenvalue weighted by Crippen LogP contribution is 2.16. The van der Waals surface area contributed by atoms with Crippen LogP contribution in [0.15, 0.2) is 48.5 Å². The van der Waals surface area contributed by atoms with Gasteiger partial charge in [0.1, 0.15) is 0 Å². The summed E-state index contributed by atoms with van der Waals surface area (Å²) in [6.45, 7) is 5.50. The molecular weight excluding hydrogens is 298 g/mol.